The van der Waals surface area contributed by atoms with Crippen LogP contribution in [0.3, 0.4) is 0 Å². The van der Waals surface area contributed by atoms with Crippen LogP contribution in [0.5, 0.6) is 5.75 Å². The molecule has 3 N–H and O–H groups in total. The molecular weight excluding hydrogens is 328 g/mol. The van der Waals surface area contributed by atoms with Gasteiger partial charge in [-0.2, -0.15) is 5.10 Å². The van der Waals surface area contributed by atoms with Crippen LogP contribution in [0.4, 0.5) is 0 Å². The summed E-state index contributed by atoms with van der Waals surface area (Å²) < 4.78 is 8.39. The van der Waals surface area contributed by atoms with Crippen molar-refractivity contribution in [2.75, 3.05) is 7.11 Å². The molecule has 0 saturated carbocycles. The number of nitrogens with two attached hydrogens (primary N) is 1. The zero-order valence-electron chi connectivity index (χ0n) is 11.1. The van der Waals surface area contributed by atoms with Crippen molar-refractivity contribution in [3.63, 3.8) is 0 Å². The van der Waals surface area contributed by atoms with E-state index in [1.807, 2.05) is 10.7 Å². The maximum atomic E-state index is 5.74. The van der Waals surface area contributed by atoms with E-state index in [1.165, 1.54) is 0 Å². The van der Waals surface area contributed by atoms with E-state index in [9.17, 15) is 0 Å². The molecule has 1 atom stereocenters. The van der Waals surface area contributed by atoms with Crippen molar-refractivity contribution in [1.82, 2.24) is 15.2 Å². The van der Waals surface area contributed by atoms with Gasteiger partial charge in [0.25, 0.3) is 0 Å². The van der Waals surface area contributed by atoms with Crippen LogP contribution in [0.25, 0.3) is 0 Å². The quantitative estimate of drug-likeness (QED) is 0.646. The Balaban J connectivity index is 2.50. The molecule has 5 nitrogen and oxygen atoms in total. The second-order valence-electron chi connectivity index (χ2n) is 4.42. The predicted molar refractivity (Wildman–Crippen MR) is 80.3 cm³/mol. The van der Waals surface area contributed by atoms with Crippen LogP contribution in [0.2, 0.25) is 0 Å². The average Bonchev–Trinajstić information content (AvgIpc) is 2.97. The topological polar surface area (TPSA) is 65.1 Å². The van der Waals surface area contributed by atoms with Gasteiger partial charge in [-0.15, -0.1) is 11.3 Å². The molecule has 19 heavy (non-hydrogen) atoms. The zero-order valence-corrected chi connectivity index (χ0v) is 13.5. The zero-order chi connectivity index (χ0) is 14.0. The summed E-state index contributed by atoms with van der Waals surface area (Å²) in [7, 11) is 1.64. The van der Waals surface area contributed by atoms with Crippen molar-refractivity contribution in [1.29, 1.82) is 0 Å². The van der Waals surface area contributed by atoms with E-state index in [0.717, 1.165) is 20.8 Å². The first-order valence-corrected chi connectivity index (χ1v) is 7.57. The summed E-state index contributed by atoms with van der Waals surface area (Å²) in [5, 5.41) is 6.44. The van der Waals surface area contributed by atoms with E-state index in [-0.39, 0.29) is 12.1 Å². The van der Waals surface area contributed by atoms with Crippen LogP contribution in [0.1, 0.15) is 37.2 Å². The van der Waals surface area contributed by atoms with Crippen molar-refractivity contribution in [3.8, 4) is 5.75 Å². The fourth-order valence-electron chi connectivity index (χ4n) is 2.01. The molecule has 7 heteroatoms. The average molecular weight is 345 g/mol. The summed E-state index contributed by atoms with van der Waals surface area (Å²) in [5.41, 5.74) is 4.87. The van der Waals surface area contributed by atoms with E-state index in [2.05, 4.69) is 45.7 Å². The molecule has 2 rings (SSSR count). The summed E-state index contributed by atoms with van der Waals surface area (Å²) >= 11 is 5.10. The van der Waals surface area contributed by atoms with Gasteiger partial charge in [0.2, 0.25) is 0 Å². The number of hydrazine groups is 1. The Labute approximate surface area is 124 Å². The lowest BCUT2D eigenvalue weighted by Gasteiger charge is -2.20. The SMILES string of the molecule is COc1cnn(C(C)C)c1C(NN)c1csc(Br)c1. The van der Waals surface area contributed by atoms with Gasteiger partial charge in [0.15, 0.2) is 5.75 Å². The minimum atomic E-state index is -0.151. The van der Waals surface area contributed by atoms with E-state index in [4.69, 9.17) is 10.6 Å². The molecular formula is C12H17BrN4OS. The Hall–Kier alpha value is -0.890. The molecule has 2 heterocycles. The monoisotopic (exact) mass is 344 g/mol. The number of rotatable bonds is 5. The summed E-state index contributed by atoms with van der Waals surface area (Å²) in [4.78, 5) is 0. The van der Waals surface area contributed by atoms with E-state index in [1.54, 1.807) is 24.6 Å². The minimum Gasteiger partial charge on any atom is -0.493 e. The standard InChI is InChI=1S/C12H17BrN4OS/c1-7(2)17-12(9(18-3)5-15-17)11(16-14)8-4-10(13)19-6-8/h4-7,11,16H,14H2,1-3H3. The van der Waals surface area contributed by atoms with Crippen molar-refractivity contribution < 1.29 is 4.74 Å². The van der Waals surface area contributed by atoms with Gasteiger partial charge in [0.05, 0.1) is 23.1 Å². The highest BCUT2D eigenvalue weighted by atomic mass is 79.9. The summed E-state index contributed by atoms with van der Waals surface area (Å²) in [6.45, 7) is 4.15. The summed E-state index contributed by atoms with van der Waals surface area (Å²) in [6, 6.07) is 2.13. The van der Waals surface area contributed by atoms with Crippen LogP contribution in [-0.4, -0.2) is 16.9 Å². The molecule has 0 saturated heterocycles. The van der Waals surface area contributed by atoms with Gasteiger partial charge < -0.3 is 4.74 Å². The molecule has 0 radical (unpaired) electrons. The summed E-state index contributed by atoms with van der Waals surface area (Å²) in [5.74, 6) is 6.48. The van der Waals surface area contributed by atoms with Gasteiger partial charge in [0, 0.05) is 6.04 Å². The number of nitrogens with one attached hydrogen (secondary N) is 1. The van der Waals surface area contributed by atoms with Gasteiger partial charge in [0.1, 0.15) is 5.69 Å². The van der Waals surface area contributed by atoms with E-state index < -0.39 is 0 Å². The predicted octanol–water partition coefficient (Wildman–Crippen LogP) is 2.85. The van der Waals surface area contributed by atoms with Crippen LogP contribution in [0, 0.1) is 0 Å². The lowest BCUT2D eigenvalue weighted by atomic mass is 10.1. The van der Waals surface area contributed by atoms with Crippen molar-refractivity contribution in [2.45, 2.75) is 25.9 Å². The fourth-order valence-corrected chi connectivity index (χ4v) is 3.21. The Morgan fingerprint density at radius 1 is 1.53 bits per heavy atom. The second kappa shape index (κ2) is 6.04. The number of halogens is 1. The normalized spacial score (nSPS) is 12.9. The fraction of sp³-hybridized carbons (Fsp3) is 0.417. The maximum Gasteiger partial charge on any atom is 0.161 e. The van der Waals surface area contributed by atoms with Crippen molar-refractivity contribution in [3.05, 3.63) is 32.7 Å². The third-order valence-electron chi connectivity index (χ3n) is 2.87. The van der Waals surface area contributed by atoms with Gasteiger partial charge in [-0.1, -0.05) is 0 Å². The molecule has 0 amide bonds. The molecule has 2 aromatic rings. The maximum absolute atomic E-state index is 5.74. The van der Waals surface area contributed by atoms with Crippen LogP contribution >= 0.6 is 27.3 Å². The highest BCUT2D eigenvalue weighted by Gasteiger charge is 2.24. The number of hydrogen-bond donors (Lipinski definition) is 2. The Bertz CT molecular complexity index is 552. The number of aromatic nitrogens is 2. The van der Waals surface area contributed by atoms with Crippen molar-refractivity contribution >= 4 is 27.3 Å². The molecule has 0 fully saturated rings. The van der Waals surface area contributed by atoms with Gasteiger partial charge in [-0.25, -0.2) is 5.43 Å². The number of thiophene rings is 1. The van der Waals surface area contributed by atoms with E-state index in [0.29, 0.717) is 0 Å². The molecule has 0 aliphatic carbocycles. The lowest BCUT2D eigenvalue weighted by Crippen LogP contribution is -2.31. The molecule has 2 aromatic heterocycles. The van der Waals surface area contributed by atoms with Gasteiger partial charge >= 0.3 is 0 Å². The Kier molecular flexibility index (Phi) is 4.62. The van der Waals surface area contributed by atoms with Crippen LogP contribution in [0.15, 0.2) is 21.4 Å². The molecule has 1 unspecified atom stereocenters. The number of ether oxygens (including phenoxy) is 1. The number of hydrogen-bond acceptors (Lipinski definition) is 5. The molecule has 0 bridgehead atoms. The lowest BCUT2D eigenvalue weighted by molar-refractivity contribution is 0.394. The van der Waals surface area contributed by atoms with E-state index >= 15 is 0 Å². The molecule has 0 aliphatic heterocycles. The highest BCUT2D eigenvalue weighted by Crippen LogP contribution is 2.34. The first kappa shape index (κ1) is 14.5. The second-order valence-corrected chi connectivity index (χ2v) is 6.71. The summed E-state index contributed by atoms with van der Waals surface area (Å²) in [6.07, 6.45) is 1.72. The van der Waals surface area contributed by atoms with Crippen molar-refractivity contribution in [2.24, 2.45) is 5.84 Å². The third kappa shape index (κ3) is 2.84. The van der Waals surface area contributed by atoms with Gasteiger partial charge in [-0.3, -0.25) is 10.5 Å². The smallest absolute Gasteiger partial charge is 0.161 e. The Morgan fingerprint density at radius 2 is 2.26 bits per heavy atom. The first-order chi connectivity index (χ1) is 9.08. The molecule has 0 aliphatic rings. The van der Waals surface area contributed by atoms with Crippen LogP contribution in [-0.2, 0) is 0 Å². The third-order valence-corrected chi connectivity index (χ3v) is 4.39. The van der Waals surface area contributed by atoms with Gasteiger partial charge in [-0.05, 0) is 46.8 Å². The molecule has 0 spiro atoms. The Morgan fingerprint density at radius 3 is 2.74 bits per heavy atom. The largest absolute Gasteiger partial charge is 0.493 e. The number of nitrogens with zero attached hydrogens (tertiary/aromatic N) is 2. The molecule has 0 aromatic carbocycles. The number of methoxy groups -OCH3 is 1. The minimum absolute atomic E-state index is 0.151. The first-order valence-electron chi connectivity index (χ1n) is 5.90. The highest BCUT2D eigenvalue weighted by molar-refractivity contribution is 9.11. The van der Waals surface area contributed by atoms with Crippen LogP contribution < -0.4 is 16.0 Å². The molecule has 104 valence electrons.